The highest BCUT2D eigenvalue weighted by Gasteiger charge is 2.38. The van der Waals surface area contributed by atoms with Gasteiger partial charge < -0.3 is 14.8 Å². The maximum atomic E-state index is 12.2. The fourth-order valence-electron chi connectivity index (χ4n) is 2.32. The molecule has 8 heteroatoms. The van der Waals surface area contributed by atoms with Crippen LogP contribution in [0.3, 0.4) is 0 Å². The second-order valence-electron chi connectivity index (χ2n) is 6.35. The van der Waals surface area contributed by atoms with Crippen molar-refractivity contribution >= 4 is 41.2 Å². The Morgan fingerprint density at radius 1 is 1.43 bits per heavy atom. The molecular weight excluding hydrogens is 340 g/mol. The van der Waals surface area contributed by atoms with Crippen LogP contribution in [0.15, 0.2) is 12.1 Å². The lowest BCUT2D eigenvalue weighted by molar-refractivity contribution is -0.111. The minimum Gasteiger partial charge on any atom is -0.444 e. The zero-order chi connectivity index (χ0) is 17.2. The van der Waals surface area contributed by atoms with Crippen LogP contribution in [0, 0.1) is 0 Å². The molecule has 6 nitrogen and oxygen atoms in total. The number of carbonyl (C=O) groups excluding carboxylic acids is 3. The molecule has 1 aliphatic rings. The van der Waals surface area contributed by atoms with Gasteiger partial charge in [-0.2, -0.15) is 0 Å². The average Bonchev–Trinajstić information content (AvgIpc) is 3.03. The number of nitrogens with zero attached hydrogens (tertiary/aromatic N) is 1. The normalized spacial score (nSPS) is 21.1. The Morgan fingerprint density at radius 2 is 2.13 bits per heavy atom. The van der Waals surface area contributed by atoms with E-state index in [1.54, 1.807) is 32.9 Å². The molecule has 0 radical (unpaired) electrons. The summed E-state index contributed by atoms with van der Waals surface area (Å²) in [6.07, 6.45) is 0.525. The molecule has 2 atom stereocenters. The van der Waals surface area contributed by atoms with E-state index in [1.807, 2.05) is 0 Å². The summed E-state index contributed by atoms with van der Waals surface area (Å²) in [5.74, 6) is -0.261. The fraction of sp³-hybridized carbons (Fsp3) is 0.533. The topological polar surface area (TPSA) is 75.7 Å². The first-order valence-corrected chi connectivity index (χ1v) is 8.40. The summed E-state index contributed by atoms with van der Waals surface area (Å²) in [5.41, 5.74) is -0.639. The predicted octanol–water partition coefficient (Wildman–Crippen LogP) is 2.71. The van der Waals surface area contributed by atoms with E-state index in [0.29, 0.717) is 21.9 Å². The zero-order valence-corrected chi connectivity index (χ0v) is 14.7. The lowest BCUT2D eigenvalue weighted by Crippen LogP contribution is -2.42. The van der Waals surface area contributed by atoms with Crippen LogP contribution in [0.4, 0.5) is 4.79 Å². The van der Waals surface area contributed by atoms with Crippen molar-refractivity contribution in [3.8, 4) is 0 Å². The molecule has 2 amide bonds. The second-order valence-corrected chi connectivity index (χ2v) is 8.06. The van der Waals surface area contributed by atoms with E-state index in [-0.39, 0.29) is 18.5 Å². The van der Waals surface area contributed by atoms with Crippen LogP contribution >= 0.6 is 22.9 Å². The van der Waals surface area contributed by atoms with Gasteiger partial charge in [0.05, 0.1) is 15.3 Å². The fourth-order valence-corrected chi connectivity index (χ4v) is 3.27. The average molecular weight is 359 g/mol. The van der Waals surface area contributed by atoms with Crippen LogP contribution in [-0.4, -0.2) is 47.4 Å². The van der Waals surface area contributed by atoms with Gasteiger partial charge in [-0.3, -0.25) is 9.69 Å². The minimum absolute atomic E-state index is 0.239. The summed E-state index contributed by atoms with van der Waals surface area (Å²) in [7, 11) is 0. The van der Waals surface area contributed by atoms with Crippen molar-refractivity contribution in [2.24, 2.45) is 0 Å². The van der Waals surface area contributed by atoms with E-state index in [9.17, 15) is 14.4 Å². The van der Waals surface area contributed by atoms with Gasteiger partial charge in [0.1, 0.15) is 11.9 Å². The van der Waals surface area contributed by atoms with Gasteiger partial charge in [0.15, 0.2) is 0 Å². The van der Waals surface area contributed by atoms with Crippen LogP contribution in [0.1, 0.15) is 36.9 Å². The second kappa shape index (κ2) is 6.88. The summed E-state index contributed by atoms with van der Waals surface area (Å²) in [6.45, 7) is 5.52. The molecule has 1 aliphatic heterocycles. The maximum Gasteiger partial charge on any atom is 0.410 e. The number of thiophene rings is 1. The maximum absolute atomic E-state index is 12.2. The molecular formula is C15H19ClN2O4S. The Morgan fingerprint density at radius 3 is 2.65 bits per heavy atom. The van der Waals surface area contributed by atoms with Crippen molar-refractivity contribution in [3.63, 3.8) is 0 Å². The monoisotopic (exact) mass is 358 g/mol. The Kier molecular flexibility index (Phi) is 5.31. The van der Waals surface area contributed by atoms with Gasteiger partial charge >= 0.3 is 6.09 Å². The van der Waals surface area contributed by atoms with Crippen LogP contribution < -0.4 is 5.32 Å². The standard InChI is InChI=1S/C15H19ClN2O4S/c1-15(2,3)22-14(21)18-7-9(6-10(18)8-19)17-13(20)11-4-5-12(16)23-11/h4-5,8-10H,6-7H2,1-3H3,(H,17,20). The molecule has 126 valence electrons. The molecule has 1 aromatic rings. The van der Waals surface area contributed by atoms with Gasteiger partial charge in [-0.15, -0.1) is 11.3 Å². The third kappa shape index (κ3) is 4.68. The third-order valence-electron chi connectivity index (χ3n) is 3.26. The Bertz CT molecular complexity index is 611. The SMILES string of the molecule is CC(C)(C)OC(=O)N1CC(NC(=O)c2ccc(Cl)s2)CC1C=O. The number of rotatable bonds is 3. The summed E-state index contributed by atoms with van der Waals surface area (Å²) < 4.78 is 5.83. The minimum atomic E-state index is -0.639. The Labute approximate surface area is 143 Å². The van der Waals surface area contributed by atoms with Gasteiger partial charge in [0, 0.05) is 12.6 Å². The van der Waals surface area contributed by atoms with Crippen molar-refractivity contribution in [2.45, 2.75) is 44.9 Å². The first kappa shape index (κ1) is 17.7. The van der Waals surface area contributed by atoms with Crippen molar-refractivity contribution in [2.75, 3.05) is 6.54 Å². The molecule has 2 unspecified atom stereocenters. The van der Waals surface area contributed by atoms with Crippen LogP contribution in [0.25, 0.3) is 0 Å². The predicted molar refractivity (Wildman–Crippen MR) is 88.0 cm³/mol. The zero-order valence-electron chi connectivity index (χ0n) is 13.2. The quantitative estimate of drug-likeness (QED) is 0.843. The molecule has 1 N–H and O–H groups in total. The highest BCUT2D eigenvalue weighted by atomic mass is 35.5. The van der Waals surface area contributed by atoms with Crippen LogP contribution in [-0.2, 0) is 9.53 Å². The van der Waals surface area contributed by atoms with Gasteiger partial charge in [-0.1, -0.05) is 11.6 Å². The Hall–Kier alpha value is -1.60. The molecule has 0 saturated carbocycles. The molecule has 1 saturated heterocycles. The highest BCUT2D eigenvalue weighted by Crippen LogP contribution is 2.23. The molecule has 1 fully saturated rings. The van der Waals surface area contributed by atoms with Gasteiger partial charge in [0.2, 0.25) is 0 Å². The number of halogens is 1. The van der Waals surface area contributed by atoms with E-state index in [2.05, 4.69) is 5.32 Å². The number of nitrogens with one attached hydrogen (secondary N) is 1. The lowest BCUT2D eigenvalue weighted by Gasteiger charge is -2.26. The number of hydrogen-bond donors (Lipinski definition) is 1. The van der Waals surface area contributed by atoms with E-state index < -0.39 is 17.7 Å². The van der Waals surface area contributed by atoms with E-state index in [4.69, 9.17) is 16.3 Å². The van der Waals surface area contributed by atoms with Crippen molar-refractivity contribution in [1.82, 2.24) is 10.2 Å². The van der Waals surface area contributed by atoms with E-state index in [0.717, 1.165) is 0 Å². The summed E-state index contributed by atoms with van der Waals surface area (Å²) in [4.78, 5) is 37.3. The molecule has 2 rings (SSSR count). The lowest BCUT2D eigenvalue weighted by atomic mass is 10.2. The number of hydrogen-bond acceptors (Lipinski definition) is 5. The smallest absolute Gasteiger partial charge is 0.410 e. The molecule has 1 aromatic heterocycles. The number of amides is 2. The molecule has 0 spiro atoms. The highest BCUT2D eigenvalue weighted by molar-refractivity contribution is 7.18. The third-order valence-corrected chi connectivity index (χ3v) is 4.49. The van der Waals surface area contributed by atoms with Crippen molar-refractivity contribution < 1.29 is 19.1 Å². The molecule has 0 aliphatic carbocycles. The largest absolute Gasteiger partial charge is 0.444 e. The number of aldehydes is 1. The summed E-state index contributed by atoms with van der Waals surface area (Å²) in [6, 6.07) is 2.39. The van der Waals surface area contributed by atoms with E-state index >= 15 is 0 Å². The Balaban J connectivity index is 1.99. The number of ether oxygens (including phenoxy) is 1. The van der Waals surface area contributed by atoms with Crippen LogP contribution in [0.2, 0.25) is 4.34 Å². The number of likely N-dealkylation sites (tertiary alicyclic amines) is 1. The first-order chi connectivity index (χ1) is 10.7. The first-order valence-electron chi connectivity index (χ1n) is 7.20. The van der Waals surface area contributed by atoms with Crippen molar-refractivity contribution in [1.29, 1.82) is 0 Å². The van der Waals surface area contributed by atoms with Crippen molar-refractivity contribution in [3.05, 3.63) is 21.3 Å². The molecule has 23 heavy (non-hydrogen) atoms. The van der Waals surface area contributed by atoms with E-state index in [1.165, 1.54) is 16.2 Å². The van der Waals surface area contributed by atoms with Gasteiger partial charge in [0.25, 0.3) is 5.91 Å². The summed E-state index contributed by atoms with van der Waals surface area (Å²) >= 11 is 7.00. The summed E-state index contributed by atoms with van der Waals surface area (Å²) in [5, 5.41) is 2.82. The van der Waals surface area contributed by atoms with Crippen LogP contribution in [0.5, 0.6) is 0 Å². The number of carbonyl (C=O) groups is 3. The molecule has 0 aromatic carbocycles. The molecule has 0 bridgehead atoms. The molecule has 2 heterocycles. The van der Waals surface area contributed by atoms with Gasteiger partial charge in [-0.25, -0.2) is 4.79 Å². The van der Waals surface area contributed by atoms with Gasteiger partial charge in [-0.05, 0) is 39.3 Å².